The average molecular weight is 958 g/mol. The molecule has 20 heteroatoms. The van der Waals surface area contributed by atoms with E-state index in [0.29, 0.717) is 38.5 Å². The van der Waals surface area contributed by atoms with Gasteiger partial charge in [0.05, 0.1) is 40.2 Å². The summed E-state index contributed by atoms with van der Waals surface area (Å²) in [4.78, 5) is 28.9. The second-order valence-corrected chi connectivity index (χ2v) is 20.2. The van der Waals surface area contributed by atoms with E-state index in [2.05, 4.69) is 21.6 Å². The summed E-state index contributed by atoms with van der Waals surface area (Å²) in [6.07, 6.45) is 2.37. The minimum Gasteiger partial charge on any atom is -0.482 e. The molecule has 338 valence electrons. The number of benzene rings is 4. The quantitative estimate of drug-likeness (QED) is 0.116. The lowest BCUT2D eigenvalue weighted by Crippen LogP contribution is -2.45. The van der Waals surface area contributed by atoms with Gasteiger partial charge >= 0.3 is 0 Å². The molecule has 2 amide bonds. The van der Waals surface area contributed by atoms with Crippen molar-refractivity contribution in [1.29, 1.82) is 10.5 Å². The van der Waals surface area contributed by atoms with E-state index in [-0.39, 0.29) is 82.3 Å². The monoisotopic (exact) mass is 956 g/mol. The van der Waals surface area contributed by atoms with E-state index in [1.54, 1.807) is 29.2 Å². The average Bonchev–Trinajstić information content (AvgIpc) is 3.27. The Labute approximate surface area is 380 Å². The van der Waals surface area contributed by atoms with Gasteiger partial charge in [-0.15, -0.1) is 0 Å². The molecule has 0 atom stereocenters. The molecule has 6 rings (SSSR count). The number of hydrogen-bond acceptors (Lipinski definition) is 10. The van der Waals surface area contributed by atoms with Crippen molar-refractivity contribution in [2.24, 2.45) is 10.8 Å². The van der Waals surface area contributed by atoms with Gasteiger partial charge in [-0.25, -0.2) is 25.6 Å². The third kappa shape index (κ3) is 12.7. The molecule has 0 saturated carbocycles. The van der Waals surface area contributed by atoms with Crippen LogP contribution in [-0.2, 0) is 53.8 Å². The van der Waals surface area contributed by atoms with E-state index in [0.717, 1.165) is 17.2 Å². The van der Waals surface area contributed by atoms with Crippen LogP contribution in [0.2, 0.25) is 10.0 Å². The molecule has 2 heterocycles. The summed E-state index contributed by atoms with van der Waals surface area (Å²) >= 11 is 12.3. The van der Waals surface area contributed by atoms with Crippen LogP contribution in [0.1, 0.15) is 42.4 Å². The zero-order chi connectivity index (χ0) is 46.1. The van der Waals surface area contributed by atoms with Crippen molar-refractivity contribution in [3.63, 3.8) is 0 Å². The Bertz CT molecular complexity index is 2650. The van der Waals surface area contributed by atoms with Crippen LogP contribution in [0.15, 0.2) is 89.8 Å². The highest BCUT2D eigenvalue weighted by atomic mass is 35.5. The highest BCUT2D eigenvalue weighted by molar-refractivity contribution is 7.94. The van der Waals surface area contributed by atoms with Gasteiger partial charge in [0, 0.05) is 36.2 Å². The number of sulfonamides is 2. The molecular formula is C44H44Cl2F2N6O8S2. The fourth-order valence-electron chi connectivity index (χ4n) is 7.62. The predicted molar refractivity (Wildman–Crippen MR) is 234 cm³/mol. The summed E-state index contributed by atoms with van der Waals surface area (Å²) in [6.45, 7) is -0.127. The van der Waals surface area contributed by atoms with E-state index in [1.807, 2.05) is 0 Å². The summed E-state index contributed by atoms with van der Waals surface area (Å²) < 4.78 is 96.1. The standard InChI is InChI=1S/C44H44Cl2F2N6O8S2/c45-34-7-12-39(62-27-42(56)54-19-15-44(29-50,16-20-54)24-32-3-10-37(48)11-4-32)38(21-34)52-63(57,58)30-51-64(59,60)40-22-35(46)6-5-33(40)25-61-26-41(55)53-17-13-43(28-49,14-18-53)23-31-1-8-36(47)9-2-31/h1-12,21-22,51-52H,13-20,23-27,30H2. The first-order valence-corrected chi connectivity index (χ1v) is 24.0. The molecule has 64 heavy (non-hydrogen) atoms. The number of carbonyl (C=O) groups excluding carboxylic acids is 2. The summed E-state index contributed by atoms with van der Waals surface area (Å²) in [5.74, 6) is -2.74. The first kappa shape index (κ1) is 48.1. The number of nitrogens with zero attached hydrogens (tertiary/aromatic N) is 4. The maximum atomic E-state index is 13.5. The van der Waals surface area contributed by atoms with Gasteiger partial charge in [-0.2, -0.15) is 15.2 Å². The summed E-state index contributed by atoms with van der Waals surface area (Å²) in [7, 11) is -9.05. The van der Waals surface area contributed by atoms with E-state index >= 15 is 0 Å². The van der Waals surface area contributed by atoms with Gasteiger partial charge < -0.3 is 19.3 Å². The molecule has 2 N–H and O–H groups in total. The van der Waals surface area contributed by atoms with Gasteiger partial charge in [0.25, 0.3) is 5.91 Å². The van der Waals surface area contributed by atoms with Crippen molar-refractivity contribution in [3.8, 4) is 17.9 Å². The number of piperidine rings is 2. The van der Waals surface area contributed by atoms with Crippen molar-refractivity contribution < 1.29 is 44.7 Å². The molecule has 0 bridgehead atoms. The van der Waals surface area contributed by atoms with Crippen LogP contribution in [0.3, 0.4) is 0 Å². The fraction of sp³-hybridized carbons (Fsp3) is 0.364. The second kappa shape index (κ2) is 20.7. The number of nitriles is 2. The molecule has 0 spiro atoms. The molecule has 14 nitrogen and oxygen atoms in total. The molecule has 0 unspecified atom stereocenters. The molecule has 2 fully saturated rings. The number of likely N-dealkylation sites (tertiary alicyclic amines) is 2. The summed E-state index contributed by atoms with van der Waals surface area (Å²) in [5, 5.41) is 20.1. The number of carbonyl (C=O) groups is 2. The Morgan fingerprint density at radius 2 is 1.19 bits per heavy atom. The van der Waals surface area contributed by atoms with Crippen molar-refractivity contribution in [3.05, 3.63) is 123 Å². The first-order chi connectivity index (χ1) is 30.4. The fourth-order valence-corrected chi connectivity index (χ4v) is 10.7. The smallest absolute Gasteiger partial charge is 0.260 e. The van der Waals surface area contributed by atoms with Gasteiger partial charge in [0.15, 0.2) is 6.61 Å². The second-order valence-electron chi connectivity index (χ2n) is 15.8. The molecule has 0 radical (unpaired) electrons. The number of amides is 2. The van der Waals surface area contributed by atoms with E-state index < -0.39 is 55.9 Å². The summed E-state index contributed by atoms with van der Waals surface area (Å²) in [5.41, 5.74) is 0.0921. The topological polar surface area (TPSA) is 199 Å². The SMILES string of the molecule is N#CC1(Cc2ccc(F)cc2)CCN(C(=O)COCc2ccc(Cl)cc2S(=O)(=O)NCS(=O)(=O)Nc2cc(Cl)ccc2OCC(=O)N2CCC(C#N)(Cc3ccc(F)cc3)CC2)CC1. The third-order valence-corrected chi connectivity index (χ3v) is 14.5. The largest absolute Gasteiger partial charge is 0.482 e. The van der Waals surface area contributed by atoms with Crippen molar-refractivity contribution in [1.82, 2.24) is 14.5 Å². The Morgan fingerprint density at radius 1 is 0.703 bits per heavy atom. The van der Waals surface area contributed by atoms with Crippen molar-refractivity contribution in [2.75, 3.05) is 50.0 Å². The highest BCUT2D eigenvalue weighted by Gasteiger charge is 2.38. The molecule has 0 aliphatic carbocycles. The molecule has 2 aliphatic rings. The Hall–Kier alpha value is -5.34. The Balaban J connectivity index is 1.00. The van der Waals surface area contributed by atoms with Crippen molar-refractivity contribution in [2.45, 2.75) is 50.0 Å². The third-order valence-electron chi connectivity index (χ3n) is 11.3. The molecular weight excluding hydrogens is 914 g/mol. The maximum Gasteiger partial charge on any atom is 0.260 e. The molecule has 0 aromatic heterocycles. The van der Waals surface area contributed by atoms with Crippen LogP contribution in [0.4, 0.5) is 14.5 Å². The zero-order valence-electron chi connectivity index (χ0n) is 34.4. The maximum absolute atomic E-state index is 13.5. The first-order valence-electron chi connectivity index (χ1n) is 20.1. The van der Waals surface area contributed by atoms with Crippen LogP contribution in [0.5, 0.6) is 5.75 Å². The van der Waals surface area contributed by atoms with Gasteiger partial charge in [0.1, 0.15) is 29.9 Å². The van der Waals surface area contributed by atoms with Crippen molar-refractivity contribution >= 4 is 60.8 Å². The molecule has 4 aromatic carbocycles. The van der Waals surface area contributed by atoms with Gasteiger partial charge in [-0.1, -0.05) is 53.5 Å². The van der Waals surface area contributed by atoms with Gasteiger partial charge in [0.2, 0.25) is 26.0 Å². The number of rotatable bonds is 17. The number of ether oxygens (including phenoxy) is 2. The Morgan fingerprint density at radius 3 is 1.70 bits per heavy atom. The lowest BCUT2D eigenvalue weighted by molar-refractivity contribution is -0.138. The number of halogens is 4. The van der Waals surface area contributed by atoms with Crippen LogP contribution in [0, 0.1) is 45.1 Å². The molecule has 2 saturated heterocycles. The van der Waals surface area contributed by atoms with Crippen LogP contribution >= 0.6 is 23.2 Å². The van der Waals surface area contributed by atoms with Gasteiger partial charge in [-0.05, 0) is 110 Å². The normalized spacial score (nSPS) is 16.0. The summed E-state index contributed by atoms with van der Waals surface area (Å²) in [6, 6.07) is 24.5. The highest BCUT2D eigenvalue weighted by Crippen LogP contribution is 2.36. The minimum absolute atomic E-state index is 0.0327. The van der Waals surface area contributed by atoms with E-state index in [4.69, 9.17) is 32.7 Å². The predicted octanol–water partition coefficient (Wildman–Crippen LogP) is 6.59. The van der Waals surface area contributed by atoms with Gasteiger partial charge in [-0.3, -0.25) is 14.3 Å². The number of anilines is 1. The molecule has 2 aliphatic heterocycles. The van der Waals surface area contributed by atoms with E-state index in [1.165, 1.54) is 59.5 Å². The number of nitrogens with one attached hydrogen (secondary N) is 2. The lowest BCUT2D eigenvalue weighted by atomic mass is 9.75. The van der Waals surface area contributed by atoms with E-state index in [9.17, 15) is 45.7 Å². The zero-order valence-corrected chi connectivity index (χ0v) is 37.5. The molecule has 4 aromatic rings. The van der Waals surface area contributed by atoms with Crippen LogP contribution in [0.25, 0.3) is 0 Å². The Kier molecular flexibility index (Phi) is 15.5. The number of hydrogen-bond donors (Lipinski definition) is 2. The van der Waals surface area contributed by atoms with Crippen LogP contribution in [-0.4, -0.2) is 83.7 Å². The lowest BCUT2D eigenvalue weighted by Gasteiger charge is -2.37. The minimum atomic E-state index is -4.56. The van der Waals surface area contributed by atoms with Crippen LogP contribution < -0.4 is 14.2 Å².